The number of hydrogen-bond acceptors (Lipinski definition) is 2. The third kappa shape index (κ3) is 3.22. The summed E-state index contributed by atoms with van der Waals surface area (Å²) in [7, 11) is 1.60. The molecule has 88 valence electrons. The zero-order valence-electron chi connectivity index (χ0n) is 11.1. The Kier molecular flexibility index (Phi) is 3.88. The highest BCUT2D eigenvalue weighted by molar-refractivity contribution is 6.42. The van der Waals surface area contributed by atoms with Crippen molar-refractivity contribution in [3.63, 3.8) is 0 Å². The van der Waals surface area contributed by atoms with E-state index < -0.39 is 0 Å². The quantitative estimate of drug-likeness (QED) is 0.667. The molecular weight excluding hydrogens is 187 g/mol. The van der Waals surface area contributed by atoms with Crippen molar-refractivity contribution in [2.45, 2.75) is 59.4 Å². The van der Waals surface area contributed by atoms with Crippen molar-refractivity contribution in [3.05, 3.63) is 0 Å². The molecule has 0 unspecified atom stereocenters. The molecule has 0 radical (unpaired) electrons. The molecule has 0 aromatic heterocycles. The van der Waals surface area contributed by atoms with Crippen LogP contribution in [0.15, 0.2) is 0 Å². The molecule has 2 atom stereocenters. The van der Waals surface area contributed by atoms with Gasteiger partial charge in [0.1, 0.15) is 0 Å². The van der Waals surface area contributed by atoms with Crippen molar-refractivity contribution in [2.24, 2.45) is 11.3 Å². The van der Waals surface area contributed by atoms with Gasteiger partial charge < -0.3 is 9.31 Å². The molecule has 0 N–H and O–H groups in total. The maximum Gasteiger partial charge on any atom is 0.453 e. The van der Waals surface area contributed by atoms with Gasteiger partial charge in [-0.15, -0.1) is 0 Å². The van der Waals surface area contributed by atoms with E-state index in [1.165, 1.54) is 6.42 Å². The average molecular weight is 212 g/mol. The molecule has 1 fully saturated rings. The van der Waals surface area contributed by atoms with Crippen LogP contribution < -0.4 is 0 Å². The van der Waals surface area contributed by atoms with Gasteiger partial charge in [0, 0.05) is 7.11 Å². The first-order valence-electron chi connectivity index (χ1n) is 6.00. The molecular formula is C12H25BO2. The van der Waals surface area contributed by atoms with E-state index >= 15 is 0 Å². The molecule has 0 amide bonds. The molecule has 3 heteroatoms. The predicted octanol–water partition coefficient (Wildman–Crippen LogP) is 3.37. The maximum atomic E-state index is 5.99. The van der Waals surface area contributed by atoms with Crippen molar-refractivity contribution < 1.29 is 9.31 Å². The summed E-state index contributed by atoms with van der Waals surface area (Å²) in [5, 5.41) is 0. The first-order valence-corrected chi connectivity index (χ1v) is 6.00. The molecule has 0 bridgehead atoms. The maximum absolute atomic E-state index is 5.99. The van der Waals surface area contributed by atoms with Gasteiger partial charge in [-0.25, -0.2) is 0 Å². The average Bonchev–Trinajstić information content (AvgIpc) is 2.11. The summed E-state index contributed by atoms with van der Waals surface area (Å²) in [5.74, 6) is 0.784. The number of hydrogen-bond donors (Lipinski definition) is 0. The molecule has 0 saturated heterocycles. The molecule has 1 aliphatic carbocycles. The van der Waals surface area contributed by atoms with Gasteiger partial charge in [-0.1, -0.05) is 20.8 Å². The van der Waals surface area contributed by atoms with Gasteiger partial charge >= 0.3 is 7.12 Å². The molecule has 0 aromatic rings. The molecule has 1 aliphatic rings. The van der Waals surface area contributed by atoms with Crippen LogP contribution >= 0.6 is 0 Å². The minimum atomic E-state index is -0.0980. The van der Waals surface area contributed by atoms with Crippen LogP contribution in [0.4, 0.5) is 0 Å². The Morgan fingerprint density at radius 2 is 1.87 bits per heavy atom. The van der Waals surface area contributed by atoms with Gasteiger partial charge in [0.05, 0.1) is 5.60 Å². The fourth-order valence-corrected chi connectivity index (χ4v) is 2.69. The minimum Gasteiger partial charge on any atom is -0.414 e. The molecule has 0 aliphatic heterocycles. The van der Waals surface area contributed by atoms with E-state index in [9.17, 15) is 0 Å². The summed E-state index contributed by atoms with van der Waals surface area (Å²) >= 11 is 0. The summed E-state index contributed by atoms with van der Waals surface area (Å²) in [4.78, 5) is 0. The van der Waals surface area contributed by atoms with Crippen LogP contribution in [0, 0.1) is 11.3 Å². The summed E-state index contributed by atoms with van der Waals surface area (Å²) < 4.78 is 11.2. The fraction of sp³-hybridized carbons (Fsp3) is 1.00. The molecule has 15 heavy (non-hydrogen) atoms. The van der Waals surface area contributed by atoms with E-state index in [1.54, 1.807) is 7.11 Å². The van der Waals surface area contributed by atoms with E-state index in [0.29, 0.717) is 5.41 Å². The first kappa shape index (κ1) is 13.1. The Hall–Kier alpha value is -0.0151. The Labute approximate surface area is 94.9 Å². The van der Waals surface area contributed by atoms with Crippen LogP contribution in [0.1, 0.15) is 47.0 Å². The second-order valence-electron chi connectivity index (χ2n) is 5.98. The van der Waals surface area contributed by atoms with Crippen LogP contribution in [0.3, 0.4) is 0 Å². The van der Waals surface area contributed by atoms with E-state index in [-0.39, 0.29) is 12.7 Å². The van der Waals surface area contributed by atoms with E-state index in [0.717, 1.165) is 18.8 Å². The predicted molar refractivity (Wildman–Crippen MR) is 64.9 cm³/mol. The van der Waals surface area contributed by atoms with Crippen molar-refractivity contribution in [1.29, 1.82) is 0 Å². The van der Waals surface area contributed by atoms with Crippen LogP contribution in [0.2, 0.25) is 6.82 Å². The van der Waals surface area contributed by atoms with Gasteiger partial charge in [-0.2, -0.15) is 0 Å². The lowest BCUT2D eigenvalue weighted by molar-refractivity contribution is -0.0414. The third-order valence-corrected chi connectivity index (χ3v) is 4.05. The zero-order chi connectivity index (χ0) is 11.7. The van der Waals surface area contributed by atoms with E-state index in [4.69, 9.17) is 9.31 Å². The lowest BCUT2D eigenvalue weighted by atomic mass is 9.64. The highest BCUT2D eigenvalue weighted by Gasteiger charge is 2.42. The van der Waals surface area contributed by atoms with Crippen LogP contribution in [-0.4, -0.2) is 19.8 Å². The summed E-state index contributed by atoms with van der Waals surface area (Å²) in [5.41, 5.74) is 0.367. The highest BCUT2D eigenvalue weighted by Crippen LogP contribution is 2.46. The van der Waals surface area contributed by atoms with E-state index in [1.807, 2.05) is 6.82 Å². The van der Waals surface area contributed by atoms with Gasteiger partial charge in [0.25, 0.3) is 0 Å². The second kappa shape index (κ2) is 4.46. The molecule has 0 aromatic carbocycles. The van der Waals surface area contributed by atoms with Crippen LogP contribution in [-0.2, 0) is 9.31 Å². The second-order valence-corrected chi connectivity index (χ2v) is 5.98. The monoisotopic (exact) mass is 212 g/mol. The summed E-state index contributed by atoms with van der Waals surface area (Å²) in [6.45, 7) is 11.2. The van der Waals surface area contributed by atoms with Gasteiger partial charge in [-0.3, -0.25) is 0 Å². The van der Waals surface area contributed by atoms with Crippen molar-refractivity contribution in [3.8, 4) is 0 Å². The molecule has 0 heterocycles. The van der Waals surface area contributed by atoms with Crippen molar-refractivity contribution >= 4 is 7.12 Å². The summed E-state index contributed by atoms with van der Waals surface area (Å²) in [6.07, 6.45) is 3.51. The molecule has 1 rings (SSSR count). The Balaban J connectivity index is 2.63. The normalized spacial score (nSPS) is 35.2. The Morgan fingerprint density at radius 3 is 2.33 bits per heavy atom. The molecule has 1 saturated carbocycles. The largest absolute Gasteiger partial charge is 0.453 e. The molecule has 0 spiro atoms. The Bertz CT molecular complexity index is 218. The standard InChI is InChI=1S/C12H25BO2/c1-10-7-8-12(4,9-11(10,2)3)15-13(5)14-6/h10H,7-9H2,1-6H3/t10-,12+/m0/s1. The topological polar surface area (TPSA) is 18.5 Å². The smallest absolute Gasteiger partial charge is 0.414 e. The van der Waals surface area contributed by atoms with Gasteiger partial charge in [0.15, 0.2) is 0 Å². The minimum absolute atomic E-state index is 0.00850. The van der Waals surface area contributed by atoms with Crippen LogP contribution in [0.25, 0.3) is 0 Å². The molecule has 2 nitrogen and oxygen atoms in total. The van der Waals surface area contributed by atoms with Gasteiger partial charge in [0.2, 0.25) is 0 Å². The zero-order valence-corrected chi connectivity index (χ0v) is 11.1. The fourth-order valence-electron chi connectivity index (χ4n) is 2.69. The summed E-state index contributed by atoms with van der Waals surface area (Å²) in [6, 6.07) is 0. The first-order chi connectivity index (χ1) is 6.79. The Morgan fingerprint density at radius 1 is 1.27 bits per heavy atom. The van der Waals surface area contributed by atoms with Crippen molar-refractivity contribution in [2.75, 3.05) is 7.11 Å². The number of rotatable bonds is 3. The lowest BCUT2D eigenvalue weighted by Gasteiger charge is -2.47. The van der Waals surface area contributed by atoms with E-state index in [2.05, 4.69) is 27.7 Å². The highest BCUT2D eigenvalue weighted by atomic mass is 16.6. The van der Waals surface area contributed by atoms with Gasteiger partial charge in [-0.05, 0) is 44.3 Å². The third-order valence-electron chi connectivity index (χ3n) is 4.05. The SMILES string of the molecule is COB(C)O[C@]1(C)CC[C@H](C)C(C)(C)C1. The lowest BCUT2D eigenvalue weighted by Crippen LogP contribution is -2.45. The van der Waals surface area contributed by atoms with Crippen molar-refractivity contribution in [1.82, 2.24) is 0 Å². The van der Waals surface area contributed by atoms with Crippen LogP contribution in [0.5, 0.6) is 0 Å².